The number of halogens is 2. The Morgan fingerprint density at radius 2 is 1.95 bits per heavy atom. The molecule has 0 aliphatic carbocycles. The van der Waals surface area contributed by atoms with Crippen LogP contribution in [0.5, 0.6) is 0 Å². The Morgan fingerprint density at radius 3 is 2.68 bits per heavy atom. The number of aromatic nitrogens is 3. The van der Waals surface area contributed by atoms with Crippen LogP contribution in [0, 0.1) is 5.82 Å². The molecule has 4 rings (SSSR count). The van der Waals surface area contributed by atoms with Gasteiger partial charge in [0.2, 0.25) is 12.0 Å². The Morgan fingerprint density at radius 1 is 1.14 bits per heavy atom. The van der Waals surface area contributed by atoms with E-state index in [1.54, 1.807) is 36.8 Å². The van der Waals surface area contributed by atoms with Crippen LogP contribution in [0.2, 0.25) is 0 Å². The third-order valence-corrected chi connectivity index (χ3v) is 3.46. The molecular weight excluding hydrogens is 305 g/mol. The molecule has 1 aliphatic rings. The van der Waals surface area contributed by atoms with Crippen LogP contribution in [0.1, 0.15) is 5.82 Å². The minimum atomic E-state index is -0.302. The van der Waals surface area contributed by atoms with Gasteiger partial charge in [-0.1, -0.05) is 0 Å². The lowest BCUT2D eigenvalue weighted by Gasteiger charge is -2.06. The molecule has 0 radical (unpaired) electrons. The van der Waals surface area contributed by atoms with Gasteiger partial charge in [-0.05, 0) is 35.3 Å². The van der Waals surface area contributed by atoms with E-state index >= 15 is 0 Å². The first-order chi connectivity index (χ1) is 10.7. The molecule has 0 bridgehead atoms. The van der Waals surface area contributed by atoms with Crippen molar-refractivity contribution in [2.75, 3.05) is 0 Å². The Hall–Kier alpha value is -2.82. The van der Waals surface area contributed by atoms with Crippen molar-refractivity contribution in [2.45, 2.75) is 0 Å². The molecule has 3 heterocycles. The van der Waals surface area contributed by atoms with E-state index in [2.05, 4.69) is 19.6 Å². The van der Waals surface area contributed by atoms with Crippen molar-refractivity contribution in [2.24, 2.45) is 4.99 Å². The third-order valence-electron chi connectivity index (χ3n) is 3.28. The lowest BCUT2D eigenvalue weighted by molar-refractivity contribution is 0.627. The van der Waals surface area contributed by atoms with Crippen molar-refractivity contribution in [1.29, 1.82) is 0 Å². The third kappa shape index (κ3) is 2.02. The maximum absolute atomic E-state index is 13.2. The van der Waals surface area contributed by atoms with Crippen LogP contribution in [0.3, 0.4) is 0 Å². The quantitative estimate of drug-likeness (QED) is 0.537. The highest BCUT2D eigenvalue weighted by Gasteiger charge is 2.25. The minimum absolute atomic E-state index is 0.158. The second-order valence-corrected chi connectivity index (χ2v) is 4.97. The summed E-state index contributed by atoms with van der Waals surface area (Å²) in [5.74, 6) is 0.276. The van der Waals surface area contributed by atoms with Crippen molar-refractivity contribution in [3.63, 3.8) is 0 Å². The first kappa shape index (κ1) is 12.9. The zero-order valence-electron chi connectivity index (χ0n) is 11.1. The number of pyridine rings is 1. The fourth-order valence-corrected chi connectivity index (χ4v) is 2.47. The molecule has 2 aromatic heterocycles. The molecule has 3 aromatic rings. The van der Waals surface area contributed by atoms with Crippen LogP contribution in [0.15, 0.2) is 47.7 Å². The highest BCUT2D eigenvalue weighted by atomic mass is 35.5. The molecule has 1 aliphatic heterocycles. The summed E-state index contributed by atoms with van der Waals surface area (Å²) in [6.45, 7) is 0. The van der Waals surface area contributed by atoms with Gasteiger partial charge in [0.25, 0.3) is 0 Å². The SMILES string of the molecule is Fc1ccc(-n2c(C3=[N+]=C(Cl)N=C3)nc3ccncc32)cc1. The average molecular weight is 313 g/mol. The monoisotopic (exact) mass is 312 g/mol. The molecule has 0 N–H and O–H groups in total. The first-order valence-corrected chi connectivity index (χ1v) is 6.84. The summed E-state index contributed by atoms with van der Waals surface area (Å²) in [5, 5.41) is 0.158. The Balaban J connectivity index is 2.05. The molecule has 1 aromatic carbocycles. The van der Waals surface area contributed by atoms with E-state index in [0.29, 0.717) is 11.5 Å². The van der Waals surface area contributed by atoms with E-state index in [1.165, 1.54) is 12.1 Å². The maximum Gasteiger partial charge on any atom is 0.490 e. The highest BCUT2D eigenvalue weighted by Crippen LogP contribution is 2.21. The topological polar surface area (TPSA) is 57.2 Å². The van der Waals surface area contributed by atoms with Gasteiger partial charge in [0, 0.05) is 23.5 Å². The van der Waals surface area contributed by atoms with Crippen LogP contribution in [-0.4, -0.2) is 31.8 Å². The van der Waals surface area contributed by atoms with Gasteiger partial charge in [-0.2, -0.15) is 4.67 Å². The van der Waals surface area contributed by atoms with Crippen molar-refractivity contribution in [3.05, 3.63) is 54.4 Å². The Labute approximate surface area is 129 Å². The number of fused-ring (bicyclic) bond motifs is 1. The fourth-order valence-electron chi connectivity index (χ4n) is 2.33. The molecule has 0 saturated carbocycles. The molecule has 0 amide bonds. The molecule has 0 spiro atoms. The summed E-state index contributed by atoms with van der Waals surface area (Å²) in [4.78, 5) is 12.6. The lowest BCUT2D eigenvalue weighted by atomic mass is 10.3. The zero-order chi connectivity index (χ0) is 15.1. The van der Waals surface area contributed by atoms with Crippen molar-refractivity contribution in [3.8, 4) is 5.69 Å². The van der Waals surface area contributed by atoms with Crippen molar-refractivity contribution < 1.29 is 4.39 Å². The molecule has 0 atom stereocenters. The number of aliphatic imine (C=N–C) groups is 1. The fraction of sp³-hybridized carbons (Fsp3) is 0. The smallest absolute Gasteiger partial charge is 0.287 e. The van der Waals surface area contributed by atoms with Crippen LogP contribution in [0.4, 0.5) is 4.39 Å². The van der Waals surface area contributed by atoms with Crippen molar-refractivity contribution >= 4 is 39.9 Å². The number of benzene rings is 1. The number of nitrogens with zero attached hydrogens (tertiary/aromatic N) is 5. The number of hydrogen-bond donors (Lipinski definition) is 0. The molecular formula is C15H8ClFN5+. The standard InChI is InChI=1S/C15H8ClFN5/c16-15-19-7-12(21-15)14-20-11-5-6-18-8-13(11)22(14)10-3-1-9(17)2-4-10/h1-8H/q+1. The van der Waals surface area contributed by atoms with Crippen LogP contribution in [0.25, 0.3) is 16.7 Å². The van der Waals surface area contributed by atoms with Crippen molar-refractivity contribution in [1.82, 2.24) is 19.2 Å². The van der Waals surface area contributed by atoms with Crippen LogP contribution in [-0.2, 0) is 0 Å². The van der Waals surface area contributed by atoms with Gasteiger partial charge in [0.15, 0.2) is 0 Å². The van der Waals surface area contributed by atoms with E-state index in [9.17, 15) is 4.39 Å². The van der Waals surface area contributed by atoms with Crippen LogP contribution >= 0.6 is 11.6 Å². The van der Waals surface area contributed by atoms with Gasteiger partial charge in [-0.3, -0.25) is 9.55 Å². The van der Waals surface area contributed by atoms with Gasteiger partial charge in [0.1, 0.15) is 5.82 Å². The summed E-state index contributed by atoms with van der Waals surface area (Å²) in [5.41, 5.74) is 2.85. The van der Waals surface area contributed by atoms with E-state index in [4.69, 9.17) is 11.6 Å². The first-order valence-electron chi connectivity index (χ1n) is 6.46. The molecule has 0 saturated heterocycles. The predicted octanol–water partition coefficient (Wildman–Crippen LogP) is 2.10. The number of imidazole rings is 1. The van der Waals surface area contributed by atoms with E-state index in [0.717, 1.165) is 16.7 Å². The van der Waals surface area contributed by atoms with E-state index < -0.39 is 0 Å². The predicted molar refractivity (Wildman–Crippen MR) is 84.4 cm³/mol. The Kier molecular flexibility index (Phi) is 2.85. The second-order valence-electron chi connectivity index (χ2n) is 4.64. The summed E-state index contributed by atoms with van der Waals surface area (Å²) < 4.78 is 19.2. The van der Waals surface area contributed by atoms with E-state index in [-0.39, 0.29) is 11.1 Å². The van der Waals surface area contributed by atoms with Gasteiger partial charge in [-0.15, -0.1) is 0 Å². The minimum Gasteiger partial charge on any atom is -0.287 e. The van der Waals surface area contributed by atoms with Crippen LogP contribution < -0.4 is 4.67 Å². The maximum atomic E-state index is 13.2. The van der Waals surface area contributed by atoms with E-state index in [1.807, 2.05) is 4.57 Å². The van der Waals surface area contributed by atoms with Gasteiger partial charge < -0.3 is 0 Å². The van der Waals surface area contributed by atoms with Gasteiger partial charge in [0.05, 0.1) is 17.2 Å². The number of amidine groups is 1. The number of rotatable bonds is 2. The average Bonchev–Trinajstić information content (AvgIpc) is 3.11. The molecule has 106 valence electrons. The summed E-state index contributed by atoms with van der Waals surface area (Å²) >= 11 is 5.81. The molecule has 5 nitrogen and oxygen atoms in total. The van der Waals surface area contributed by atoms with Gasteiger partial charge >= 0.3 is 11.0 Å². The normalized spacial score (nSPS) is 13.5. The summed E-state index contributed by atoms with van der Waals surface area (Å²) in [7, 11) is 0. The molecule has 0 unspecified atom stereocenters. The largest absolute Gasteiger partial charge is 0.490 e. The second kappa shape index (κ2) is 4.87. The number of hydrogen-bond acceptors (Lipinski definition) is 3. The Bertz CT molecular complexity index is 981. The summed E-state index contributed by atoms with van der Waals surface area (Å²) in [6, 6.07) is 7.93. The van der Waals surface area contributed by atoms with Gasteiger partial charge in [-0.25, -0.2) is 9.37 Å². The molecule has 0 fully saturated rings. The summed E-state index contributed by atoms with van der Waals surface area (Å²) in [6.07, 6.45) is 4.92. The lowest BCUT2D eigenvalue weighted by Crippen LogP contribution is -2.12. The zero-order valence-corrected chi connectivity index (χ0v) is 11.9. The molecule has 22 heavy (non-hydrogen) atoms. The molecule has 7 heteroatoms. The highest BCUT2D eigenvalue weighted by molar-refractivity contribution is 6.68.